The average Bonchev–Trinajstić information content (AvgIpc) is 2.49. The minimum Gasteiger partial charge on any atom is -0.0727 e. The van der Waals surface area contributed by atoms with Crippen molar-refractivity contribution in [1.29, 1.82) is 0 Å². The molecule has 0 nitrogen and oxygen atoms in total. The fourth-order valence-corrected chi connectivity index (χ4v) is 4.18. The fraction of sp³-hybridized carbons (Fsp3) is 0.500. The van der Waals surface area contributed by atoms with Gasteiger partial charge in [0.1, 0.15) is 0 Å². The van der Waals surface area contributed by atoms with Crippen LogP contribution in [0.5, 0.6) is 0 Å². The van der Waals surface area contributed by atoms with E-state index in [0.29, 0.717) is 5.92 Å². The molecule has 0 spiro atoms. The molecule has 17 heavy (non-hydrogen) atoms. The number of hydrogen-bond donors (Lipinski definition) is 0. The van der Waals surface area contributed by atoms with E-state index in [1.54, 1.807) is 22.3 Å². The van der Waals surface area contributed by atoms with Crippen LogP contribution in [0.1, 0.15) is 40.0 Å². The molecule has 3 aliphatic carbocycles. The zero-order valence-corrected chi connectivity index (χ0v) is 13.0. The summed E-state index contributed by atoms with van der Waals surface area (Å²) < 4.78 is 1.42. The molecule has 0 heterocycles. The molecule has 1 heteroatoms. The largest absolute Gasteiger partial charge is 0.0727 e. The summed E-state index contributed by atoms with van der Waals surface area (Å²) in [7, 11) is 0. The molecular formula is C16H19I. The number of fused-ring (bicyclic) bond motifs is 2. The normalized spacial score (nSPS) is 30.4. The van der Waals surface area contributed by atoms with Gasteiger partial charge in [-0.3, -0.25) is 0 Å². The molecule has 0 aliphatic heterocycles. The summed E-state index contributed by atoms with van der Waals surface area (Å²) in [5.74, 6) is 0.711. The Balaban J connectivity index is 2.14. The van der Waals surface area contributed by atoms with Crippen LogP contribution in [0.3, 0.4) is 0 Å². The zero-order valence-electron chi connectivity index (χ0n) is 10.8. The Morgan fingerprint density at radius 3 is 2.76 bits per heavy atom. The summed E-state index contributed by atoms with van der Waals surface area (Å²) in [6.45, 7) is 7.08. The Bertz CT molecular complexity index is 498. The van der Waals surface area contributed by atoms with Gasteiger partial charge in [-0.15, -0.1) is 0 Å². The van der Waals surface area contributed by atoms with Gasteiger partial charge in [0.15, 0.2) is 0 Å². The summed E-state index contributed by atoms with van der Waals surface area (Å²) in [6, 6.07) is 0. The molecular weight excluding hydrogens is 319 g/mol. The SMILES string of the molecule is CC1=CC2=C(CC1)[C@H]1CC=C(I)C=C1C2(C)C. The number of rotatable bonds is 0. The van der Waals surface area contributed by atoms with Crippen LogP contribution in [0.4, 0.5) is 0 Å². The summed E-state index contributed by atoms with van der Waals surface area (Å²) in [6.07, 6.45) is 11.1. The Morgan fingerprint density at radius 1 is 1.24 bits per heavy atom. The molecule has 3 aliphatic rings. The Hall–Kier alpha value is -0.310. The van der Waals surface area contributed by atoms with Gasteiger partial charge in [0.25, 0.3) is 0 Å². The predicted molar refractivity (Wildman–Crippen MR) is 82.1 cm³/mol. The van der Waals surface area contributed by atoms with Crippen LogP contribution in [0.2, 0.25) is 0 Å². The van der Waals surface area contributed by atoms with Crippen LogP contribution >= 0.6 is 22.6 Å². The van der Waals surface area contributed by atoms with Gasteiger partial charge in [0.05, 0.1) is 0 Å². The highest BCUT2D eigenvalue weighted by Crippen LogP contribution is 2.56. The second-order valence-corrected chi connectivity index (χ2v) is 7.28. The molecule has 0 saturated carbocycles. The van der Waals surface area contributed by atoms with Crippen molar-refractivity contribution in [1.82, 2.24) is 0 Å². The fourth-order valence-electron chi connectivity index (χ4n) is 3.59. The molecule has 0 unspecified atom stereocenters. The third kappa shape index (κ3) is 1.69. The van der Waals surface area contributed by atoms with Gasteiger partial charge in [0.2, 0.25) is 0 Å². The summed E-state index contributed by atoms with van der Waals surface area (Å²) >= 11 is 2.46. The van der Waals surface area contributed by atoms with Crippen molar-refractivity contribution in [2.24, 2.45) is 11.3 Å². The van der Waals surface area contributed by atoms with Gasteiger partial charge in [-0.05, 0) is 60.4 Å². The molecule has 0 saturated heterocycles. The number of allylic oxidation sites excluding steroid dienone is 8. The van der Waals surface area contributed by atoms with Crippen molar-refractivity contribution in [3.63, 3.8) is 0 Å². The van der Waals surface area contributed by atoms with Crippen LogP contribution in [-0.2, 0) is 0 Å². The van der Waals surface area contributed by atoms with Gasteiger partial charge >= 0.3 is 0 Å². The topological polar surface area (TPSA) is 0 Å². The minimum atomic E-state index is 0.256. The molecule has 0 amide bonds. The Morgan fingerprint density at radius 2 is 2.00 bits per heavy atom. The zero-order chi connectivity index (χ0) is 12.2. The number of halogens is 1. The summed E-state index contributed by atoms with van der Waals surface area (Å²) in [5, 5.41) is 0. The Kier molecular flexibility index (Phi) is 2.66. The second kappa shape index (κ2) is 3.84. The van der Waals surface area contributed by atoms with E-state index in [-0.39, 0.29) is 5.41 Å². The van der Waals surface area contributed by atoms with E-state index in [0.717, 1.165) is 0 Å². The van der Waals surface area contributed by atoms with Gasteiger partial charge in [-0.25, -0.2) is 0 Å². The highest BCUT2D eigenvalue weighted by Gasteiger charge is 2.43. The van der Waals surface area contributed by atoms with E-state index in [1.807, 2.05) is 0 Å². The Labute approximate surface area is 118 Å². The molecule has 90 valence electrons. The monoisotopic (exact) mass is 338 g/mol. The minimum absolute atomic E-state index is 0.256. The maximum atomic E-state index is 2.46. The third-order valence-corrected chi connectivity index (χ3v) is 5.31. The van der Waals surface area contributed by atoms with Crippen molar-refractivity contribution in [3.8, 4) is 0 Å². The lowest BCUT2D eigenvalue weighted by molar-refractivity contribution is 0.528. The average molecular weight is 338 g/mol. The second-order valence-electron chi connectivity index (χ2n) is 6.03. The first kappa shape index (κ1) is 11.8. The smallest absolute Gasteiger partial charge is 0.0114 e. The van der Waals surface area contributed by atoms with Gasteiger partial charge in [-0.2, -0.15) is 0 Å². The quantitative estimate of drug-likeness (QED) is 0.524. The van der Waals surface area contributed by atoms with Crippen LogP contribution in [0.25, 0.3) is 0 Å². The van der Waals surface area contributed by atoms with Gasteiger partial charge in [-0.1, -0.05) is 42.7 Å². The van der Waals surface area contributed by atoms with E-state index >= 15 is 0 Å². The first-order chi connectivity index (χ1) is 8.00. The first-order valence-corrected chi connectivity index (χ1v) is 7.56. The lowest BCUT2D eigenvalue weighted by Crippen LogP contribution is -2.16. The number of hydrogen-bond acceptors (Lipinski definition) is 0. The maximum Gasteiger partial charge on any atom is 0.0114 e. The van der Waals surface area contributed by atoms with Crippen LogP contribution in [-0.4, -0.2) is 0 Å². The molecule has 3 rings (SSSR count). The van der Waals surface area contributed by atoms with E-state index in [4.69, 9.17) is 0 Å². The lowest BCUT2D eigenvalue weighted by Gasteiger charge is -2.28. The molecule has 0 aromatic rings. The lowest BCUT2D eigenvalue weighted by atomic mass is 9.77. The van der Waals surface area contributed by atoms with Crippen LogP contribution in [0, 0.1) is 11.3 Å². The molecule has 0 bridgehead atoms. The summed E-state index contributed by atoms with van der Waals surface area (Å²) in [5.41, 5.74) is 6.81. The van der Waals surface area contributed by atoms with Crippen LogP contribution in [0.15, 0.2) is 44.1 Å². The summed E-state index contributed by atoms with van der Waals surface area (Å²) in [4.78, 5) is 0. The molecule has 0 N–H and O–H groups in total. The predicted octanol–water partition coefficient (Wildman–Crippen LogP) is 5.33. The van der Waals surface area contributed by atoms with Crippen molar-refractivity contribution in [2.45, 2.75) is 40.0 Å². The van der Waals surface area contributed by atoms with E-state index < -0.39 is 0 Å². The van der Waals surface area contributed by atoms with E-state index in [1.165, 1.54) is 22.8 Å². The third-order valence-electron chi connectivity index (χ3n) is 4.56. The van der Waals surface area contributed by atoms with Crippen molar-refractivity contribution >= 4 is 22.6 Å². The maximum absolute atomic E-state index is 2.46. The van der Waals surface area contributed by atoms with Crippen molar-refractivity contribution in [2.75, 3.05) is 0 Å². The van der Waals surface area contributed by atoms with Crippen LogP contribution < -0.4 is 0 Å². The standard InChI is InChI=1S/C16H19I/c1-10-4-6-12-13-7-5-11(17)9-15(13)16(2,3)14(12)8-10/h5,8-9,13H,4,6-7H2,1-3H3/t13-/m1/s1. The molecule has 0 radical (unpaired) electrons. The highest BCUT2D eigenvalue weighted by atomic mass is 127. The molecule has 1 atom stereocenters. The molecule has 0 aromatic carbocycles. The molecule has 0 fully saturated rings. The first-order valence-electron chi connectivity index (χ1n) is 6.48. The van der Waals surface area contributed by atoms with E-state index in [2.05, 4.69) is 61.6 Å². The highest BCUT2D eigenvalue weighted by molar-refractivity contribution is 14.1. The van der Waals surface area contributed by atoms with Crippen molar-refractivity contribution in [3.05, 3.63) is 44.1 Å². The van der Waals surface area contributed by atoms with Gasteiger partial charge < -0.3 is 0 Å². The van der Waals surface area contributed by atoms with Crippen molar-refractivity contribution < 1.29 is 0 Å². The van der Waals surface area contributed by atoms with Gasteiger partial charge in [0, 0.05) is 14.9 Å². The molecule has 0 aromatic heterocycles. The van der Waals surface area contributed by atoms with E-state index in [9.17, 15) is 0 Å².